The standard InChI is InChI=1S/C23H32O6.C22H24N2O8.ClH/c1-13(24)29-12-19(27)23(28)9-7-17-16-5-4-14-10-15(25)6-8-21(14,2)20(16)18(26)11-22(17,23)3;1-21(31)8-5-4-6-11(25)12(8)16(26)13-9(21)7-10-15(24(2)3)17(27)14(20(23)30)19(29)22(10,32)18(13)28;/h10,16-18,20,26,28H,4-9,11-12H2,1-3H3;4-6,9-10,15,25-26,29,31-32H,7H2,1-3H3,(H2,23,30);1H/t16-,17-,18-,20+,21-,22-,23-;9-,10-,15-,21+,22-;/m00./s1. The molecule has 16 nitrogen and oxygen atoms in total. The number of aliphatic hydroxyl groups is 6. The van der Waals surface area contributed by atoms with E-state index in [9.17, 15) is 64.5 Å². The number of ketones is 4. The second-order valence-corrected chi connectivity index (χ2v) is 19.1. The average Bonchev–Trinajstić information content (AvgIpc) is 3.44. The molecule has 4 fully saturated rings. The minimum Gasteiger partial charge on any atom is -0.508 e. The second-order valence-electron chi connectivity index (χ2n) is 19.1. The van der Waals surface area contributed by atoms with Crippen LogP contribution in [0, 0.1) is 40.4 Å². The van der Waals surface area contributed by atoms with Gasteiger partial charge in [-0.05, 0) is 107 Å². The molecule has 0 saturated heterocycles. The van der Waals surface area contributed by atoms with Gasteiger partial charge in [-0.25, -0.2) is 0 Å². The van der Waals surface area contributed by atoms with Crippen LogP contribution in [0.25, 0.3) is 5.76 Å². The number of fused-ring (bicyclic) bond motifs is 8. The number of aliphatic hydroxyl groups excluding tert-OH is 3. The lowest BCUT2D eigenvalue weighted by Gasteiger charge is -2.60. The molecule has 0 heterocycles. The van der Waals surface area contributed by atoms with E-state index in [1.807, 2.05) is 6.92 Å². The molecule has 9 N–H and O–H groups in total. The first-order valence-corrected chi connectivity index (χ1v) is 20.8. The number of carbonyl (C=O) groups excluding carboxylic acids is 6. The SMILES string of the molecule is CC(=O)OCC(=O)[C@@]1(O)CC[C@H]2[C@@H]3CCC4=CC(=O)CC[C@]4(C)[C@H]3[C@@H](O)C[C@@]21C.CN(C)[C@@H]1C(=O)C(C(N)=O)=C(O)[C@@]2(O)C(=O)C3=C(O)c4c(O)cccc4[C@@](C)(O)[C@H]3C[C@@H]12.Cl. The summed E-state index contributed by atoms with van der Waals surface area (Å²) < 4.78 is 4.89. The predicted octanol–water partition coefficient (Wildman–Crippen LogP) is 2.40. The van der Waals surface area contributed by atoms with Crippen LogP contribution in [0.3, 0.4) is 0 Å². The number of phenols is 1. The van der Waals surface area contributed by atoms with E-state index in [2.05, 4.69) is 6.92 Å². The Balaban J connectivity index is 0.000000204. The predicted molar refractivity (Wildman–Crippen MR) is 222 cm³/mol. The van der Waals surface area contributed by atoms with Crippen molar-refractivity contribution in [1.29, 1.82) is 0 Å². The molecule has 0 spiro atoms. The van der Waals surface area contributed by atoms with Gasteiger partial charge in [0.15, 0.2) is 23.8 Å². The number of aromatic hydroxyl groups is 1. The van der Waals surface area contributed by atoms with Crippen LogP contribution < -0.4 is 5.73 Å². The van der Waals surface area contributed by atoms with Gasteiger partial charge in [-0.15, -0.1) is 12.4 Å². The molecular formula is C45H57ClN2O14. The summed E-state index contributed by atoms with van der Waals surface area (Å²) in [5.41, 5.74) is -1.91. The minimum absolute atomic E-state index is 0. The van der Waals surface area contributed by atoms with Crippen LogP contribution in [0.1, 0.15) is 90.2 Å². The molecule has 0 aliphatic heterocycles. The topological polar surface area (TPSA) is 283 Å². The maximum absolute atomic E-state index is 13.7. The van der Waals surface area contributed by atoms with Crippen LogP contribution in [0.4, 0.5) is 0 Å². The van der Waals surface area contributed by atoms with Gasteiger partial charge < -0.3 is 46.2 Å². The zero-order valence-electron chi connectivity index (χ0n) is 35.6. The average molecular weight is 885 g/mol. The number of hydrogen-bond acceptors (Lipinski definition) is 15. The number of nitrogens with zero attached hydrogens (tertiary/aromatic N) is 1. The summed E-state index contributed by atoms with van der Waals surface area (Å²) in [5, 5.41) is 77.7. The van der Waals surface area contributed by atoms with E-state index in [1.165, 1.54) is 51.0 Å². The van der Waals surface area contributed by atoms with Crippen LogP contribution in [0.15, 0.2) is 46.8 Å². The highest BCUT2D eigenvalue weighted by atomic mass is 35.5. The lowest BCUT2D eigenvalue weighted by atomic mass is 9.45. The van der Waals surface area contributed by atoms with Crippen LogP contribution in [-0.2, 0) is 39.1 Å². The summed E-state index contributed by atoms with van der Waals surface area (Å²) in [7, 11) is 3.01. The molecule has 62 heavy (non-hydrogen) atoms. The van der Waals surface area contributed by atoms with E-state index >= 15 is 0 Å². The molecule has 338 valence electrons. The van der Waals surface area contributed by atoms with Crippen molar-refractivity contribution in [2.24, 2.45) is 46.2 Å². The Morgan fingerprint density at radius 2 is 1.61 bits per heavy atom. The van der Waals surface area contributed by atoms with Crippen molar-refractivity contribution in [3.8, 4) is 5.75 Å². The number of primary amides is 1. The van der Waals surface area contributed by atoms with E-state index in [-0.39, 0.29) is 58.9 Å². The van der Waals surface area contributed by atoms with Gasteiger partial charge in [-0.1, -0.05) is 31.6 Å². The van der Waals surface area contributed by atoms with E-state index < -0.39 is 110 Å². The van der Waals surface area contributed by atoms with Crippen molar-refractivity contribution in [3.05, 3.63) is 57.9 Å². The number of phenolic OH excluding ortho intramolecular Hbond substituents is 1. The van der Waals surface area contributed by atoms with E-state index in [1.54, 1.807) is 6.08 Å². The Morgan fingerprint density at radius 3 is 2.23 bits per heavy atom. The monoisotopic (exact) mass is 884 g/mol. The van der Waals surface area contributed by atoms with Gasteiger partial charge in [-0.3, -0.25) is 33.7 Å². The summed E-state index contributed by atoms with van der Waals surface area (Å²) in [6, 6.07) is 3.02. The Bertz CT molecular complexity index is 2250. The number of rotatable bonds is 5. The van der Waals surface area contributed by atoms with Gasteiger partial charge >= 0.3 is 5.97 Å². The van der Waals surface area contributed by atoms with Gasteiger partial charge in [-0.2, -0.15) is 0 Å². The van der Waals surface area contributed by atoms with Crippen molar-refractivity contribution in [2.45, 2.75) is 108 Å². The molecule has 8 rings (SSSR count). The number of carbonyl (C=O) groups is 6. The fourth-order valence-electron chi connectivity index (χ4n) is 12.9. The minimum atomic E-state index is -2.75. The summed E-state index contributed by atoms with van der Waals surface area (Å²) in [5.74, 6) is -8.36. The number of benzene rings is 1. The number of esters is 1. The number of ether oxygens (including phenoxy) is 1. The molecule has 17 heteroatoms. The van der Waals surface area contributed by atoms with Crippen molar-refractivity contribution in [1.82, 2.24) is 4.90 Å². The Labute approximate surface area is 364 Å². The number of likely N-dealkylation sites (N-methyl/N-ethyl adjacent to an activating group) is 1. The first-order valence-electron chi connectivity index (χ1n) is 20.8. The molecule has 0 radical (unpaired) electrons. The number of hydrogen-bond donors (Lipinski definition) is 8. The third-order valence-corrected chi connectivity index (χ3v) is 15.9. The molecule has 0 aromatic heterocycles. The largest absolute Gasteiger partial charge is 0.508 e. The lowest BCUT2D eigenvalue weighted by molar-refractivity contribution is -0.184. The van der Waals surface area contributed by atoms with Gasteiger partial charge in [0, 0.05) is 36.2 Å². The second kappa shape index (κ2) is 15.7. The molecular weight excluding hydrogens is 828 g/mol. The molecule has 0 unspecified atom stereocenters. The first kappa shape index (κ1) is 47.0. The molecule has 1 amide bonds. The van der Waals surface area contributed by atoms with Crippen LogP contribution in [-0.4, -0.2) is 120 Å². The van der Waals surface area contributed by atoms with Crippen LogP contribution in [0.5, 0.6) is 5.75 Å². The van der Waals surface area contributed by atoms with Gasteiger partial charge in [0.05, 0.1) is 23.3 Å². The van der Waals surface area contributed by atoms with Crippen molar-refractivity contribution >= 4 is 53.2 Å². The zero-order valence-corrected chi connectivity index (χ0v) is 36.5. The lowest BCUT2D eigenvalue weighted by Crippen LogP contribution is -2.67. The number of Topliss-reactive ketones (excluding diaryl/α,β-unsaturated/α-hetero) is 3. The third-order valence-electron chi connectivity index (χ3n) is 15.9. The Kier molecular flexibility index (Phi) is 11.9. The highest BCUT2D eigenvalue weighted by molar-refractivity contribution is 6.24. The van der Waals surface area contributed by atoms with Gasteiger partial charge in [0.25, 0.3) is 5.91 Å². The highest BCUT2D eigenvalue weighted by Crippen LogP contribution is 2.68. The summed E-state index contributed by atoms with van der Waals surface area (Å²) in [6.07, 6.45) is 5.34. The number of amides is 1. The van der Waals surface area contributed by atoms with E-state index in [4.69, 9.17) is 10.5 Å². The van der Waals surface area contributed by atoms with Crippen LogP contribution >= 0.6 is 12.4 Å². The third kappa shape index (κ3) is 6.49. The summed E-state index contributed by atoms with van der Waals surface area (Å²) in [4.78, 5) is 76.0. The number of halogens is 1. The quantitative estimate of drug-likeness (QED) is 0.156. The highest BCUT2D eigenvalue weighted by Gasteiger charge is 2.69. The summed E-state index contributed by atoms with van der Waals surface area (Å²) >= 11 is 0. The van der Waals surface area contributed by atoms with E-state index in [0.717, 1.165) is 31.3 Å². The first-order chi connectivity index (χ1) is 28.3. The molecule has 7 aliphatic carbocycles. The summed E-state index contributed by atoms with van der Waals surface area (Å²) in [6.45, 7) is 6.33. The van der Waals surface area contributed by atoms with E-state index in [0.29, 0.717) is 19.3 Å². The molecule has 12 atom stereocenters. The fraction of sp³-hybridized carbons (Fsp3) is 0.600. The molecule has 7 aliphatic rings. The van der Waals surface area contributed by atoms with Crippen molar-refractivity contribution in [2.75, 3.05) is 20.7 Å². The Morgan fingerprint density at radius 1 is 0.952 bits per heavy atom. The molecule has 1 aromatic rings. The number of allylic oxidation sites excluding steroid dienone is 1. The van der Waals surface area contributed by atoms with Gasteiger partial charge in [0.1, 0.15) is 28.4 Å². The number of nitrogens with two attached hydrogens (primary N) is 1. The van der Waals surface area contributed by atoms with Crippen LogP contribution in [0.2, 0.25) is 0 Å². The smallest absolute Gasteiger partial charge is 0.303 e. The normalized spacial score (nSPS) is 39.4. The molecule has 1 aromatic carbocycles. The maximum atomic E-state index is 13.7. The molecule has 4 saturated carbocycles. The fourth-order valence-corrected chi connectivity index (χ4v) is 12.9. The Hall–Kier alpha value is -4.45. The molecule has 0 bridgehead atoms. The van der Waals surface area contributed by atoms with Gasteiger partial charge in [0.2, 0.25) is 11.6 Å². The zero-order chi connectivity index (χ0) is 45.1. The van der Waals surface area contributed by atoms with Crippen molar-refractivity contribution in [3.63, 3.8) is 0 Å². The van der Waals surface area contributed by atoms with Crippen molar-refractivity contribution < 1.29 is 69.2 Å². The maximum Gasteiger partial charge on any atom is 0.303 e.